The third-order valence-electron chi connectivity index (χ3n) is 2.83. The average Bonchev–Trinajstić information content (AvgIpc) is 2.12. The van der Waals surface area contributed by atoms with Crippen molar-refractivity contribution in [2.75, 3.05) is 23.8 Å². The molecule has 0 aliphatic carbocycles. The van der Waals surface area contributed by atoms with Crippen molar-refractivity contribution in [1.82, 2.24) is 4.98 Å². The van der Waals surface area contributed by atoms with Crippen LogP contribution in [0.15, 0.2) is 16.9 Å². The third-order valence-corrected chi connectivity index (χ3v) is 3.41. The molecule has 1 aliphatic heterocycles. The Labute approximate surface area is 92.6 Å². The first-order valence-corrected chi connectivity index (χ1v) is 5.43. The van der Waals surface area contributed by atoms with Gasteiger partial charge in [0.05, 0.1) is 27.6 Å². The van der Waals surface area contributed by atoms with E-state index in [1.165, 1.54) is 5.69 Å². The van der Waals surface area contributed by atoms with Crippen molar-refractivity contribution in [2.45, 2.75) is 19.4 Å². The molecule has 1 aliphatic rings. The Morgan fingerprint density at radius 3 is 2.93 bits per heavy atom. The highest BCUT2D eigenvalue weighted by Gasteiger charge is 2.31. The van der Waals surface area contributed by atoms with Crippen LogP contribution in [0, 0.1) is 0 Å². The molecule has 1 aromatic rings. The largest absolute Gasteiger partial charge is 0.380 e. The van der Waals surface area contributed by atoms with E-state index in [1.54, 1.807) is 0 Å². The Morgan fingerprint density at radius 2 is 2.21 bits per heavy atom. The van der Waals surface area contributed by atoms with Crippen LogP contribution in [0.2, 0.25) is 0 Å². The number of hydrogen-bond acceptors (Lipinski definition) is 3. The summed E-state index contributed by atoms with van der Waals surface area (Å²) < 4.78 is 1.04. The predicted octanol–water partition coefficient (Wildman–Crippen LogP) is 2.48. The monoisotopic (exact) mass is 255 g/mol. The molecule has 76 valence electrons. The molecule has 0 bridgehead atoms. The summed E-state index contributed by atoms with van der Waals surface area (Å²) in [4.78, 5) is 6.43. The Balaban J connectivity index is 2.54. The summed E-state index contributed by atoms with van der Waals surface area (Å²) in [5.74, 6) is 0. The molecule has 0 aromatic carbocycles. The second-order valence-electron chi connectivity index (χ2n) is 4.24. The van der Waals surface area contributed by atoms with E-state index >= 15 is 0 Å². The van der Waals surface area contributed by atoms with E-state index in [4.69, 9.17) is 0 Å². The molecule has 0 amide bonds. The van der Waals surface area contributed by atoms with Gasteiger partial charge in [0, 0.05) is 19.8 Å². The van der Waals surface area contributed by atoms with Crippen LogP contribution in [-0.2, 0) is 0 Å². The highest BCUT2D eigenvalue weighted by atomic mass is 79.9. The van der Waals surface area contributed by atoms with Crippen LogP contribution in [-0.4, -0.2) is 24.1 Å². The van der Waals surface area contributed by atoms with Gasteiger partial charge in [-0.25, -0.2) is 0 Å². The smallest absolute Gasteiger partial charge is 0.0780 e. The summed E-state index contributed by atoms with van der Waals surface area (Å²) in [6, 6.07) is 0. The minimum Gasteiger partial charge on any atom is -0.380 e. The first-order valence-electron chi connectivity index (χ1n) is 4.63. The van der Waals surface area contributed by atoms with Gasteiger partial charge in [-0.3, -0.25) is 4.98 Å². The van der Waals surface area contributed by atoms with Crippen molar-refractivity contribution < 1.29 is 0 Å². The third kappa shape index (κ3) is 1.38. The van der Waals surface area contributed by atoms with Gasteiger partial charge in [0.25, 0.3) is 0 Å². The molecule has 0 saturated carbocycles. The van der Waals surface area contributed by atoms with Crippen LogP contribution in [0.1, 0.15) is 13.8 Å². The lowest BCUT2D eigenvalue weighted by atomic mass is 9.99. The highest BCUT2D eigenvalue weighted by Crippen LogP contribution is 2.39. The second-order valence-corrected chi connectivity index (χ2v) is 5.10. The molecular weight excluding hydrogens is 242 g/mol. The zero-order valence-corrected chi connectivity index (χ0v) is 10.2. The van der Waals surface area contributed by atoms with Gasteiger partial charge in [-0.15, -0.1) is 0 Å². The SMILES string of the molecule is CN1c2c(Br)cncc2NCC1(C)C. The maximum absolute atomic E-state index is 4.14. The lowest BCUT2D eigenvalue weighted by molar-refractivity contribution is 0.501. The van der Waals surface area contributed by atoms with Gasteiger partial charge in [0.15, 0.2) is 0 Å². The van der Waals surface area contributed by atoms with Gasteiger partial charge in [-0.2, -0.15) is 0 Å². The molecule has 0 saturated heterocycles. The Morgan fingerprint density at radius 1 is 1.50 bits per heavy atom. The fourth-order valence-corrected chi connectivity index (χ4v) is 2.23. The number of nitrogens with one attached hydrogen (secondary N) is 1. The quantitative estimate of drug-likeness (QED) is 0.773. The van der Waals surface area contributed by atoms with Crippen molar-refractivity contribution in [3.05, 3.63) is 16.9 Å². The van der Waals surface area contributed by atoms with Crippen molar-refractivity contribution in [3.8, 4) is 0 Å². The lowest BCUT2D eigenvalue weighted by Gasteiger charge is -2.43. The summed E-state index contributed by atoms with van der Waals surface area (Å²) in [5.41, 5.74) is 2.43. The zero-order chi connectivity index (χ0) is 10.3. The van der Waals surface area contributed by atoms with E-state index in [0.29, 0.717) is 0 Å². The van der Waals surface area contributed by atoms with Crippen LogP contribution in [0.5, 0.6) is 0 Å². The maximum atomic E-state index is 4.14. The van der Waals surface area contributed by atoms with Crippen molar-refractivity contribution in [2.24, 2.45) is 0 Å². The summed E-state index contributed by atoms with van der Waals surface area (Å²) in [6.07, 6.45) is 3.70. The van der Waals surface area contributed by atoms with E-state index in [9.17, 15) is 0 Å². The number of halogens is 1. The summed E-state index contributed by atoms with van der Waals surface area (Å²) in [6.45, 7) is 5.38. The standard InChI is InChI=1S/C10H14BrN3/c1-10(2)6-13-8-5-12-4-7(11)9(8)14(10)3/h4-5,13H,6H2,1-3H3. The molecule has 1 N–H and O–H groups in total. The number of likely N-dealkylation sites (N-methyl/N-ethyl adjacent to an activating group) is 1. The van der Waals surface area contributed by atoms with Crippen LogP contribution in [0.3, 0.4) is 0 Å². The van der Waals surface area contributed by atoms with Gasteiger partial charge >= 0.3 is 0 Å². The van der Waals surface area contributed by atoms with Crippen LogP contribution >= 0.6 is 15.9 Å². The molecule has 0 spiro atoms. The Bertz CT molecular complexity index is 362. The molecule has 1 aromatic heterocycles. The van der Waals surface area contributed by atoms with Crippen LogP contribution < -0.4 is 10.2 Å². The summed E-state index contributed by atoms with van der Waals surface area (Å²) in [7, 11) is 2.12. The van der Waals surface area contributed by atoms with Crippen molar-refractivity contribution >= 4 is 27.3 Å². The number of fused-ring (bicyclic) bond motifs is 1. The Hall–Kier alpha value is -0.770. The molecular formula is C10H14BrN3. The van der Waals surface area contributed by atoms with Gasteiger partial charge in [0.1, 0.15) is 0 Å². The molecule has 4 heteroatoms. The summed E-state index contributed by atoms with van der Waals surface area (Å²) in [5, 5.41) is 3.39. The molecule has 2 rings (SSSR count). The molecule has 2 heterocycles. The molecule has 0 atom stereocenters. The number of hydrogen-bond donors (Lipinski definition) is 1. The minimum absolute atomic E-state index is 0.136. The fraction of sp³-hybridized carbons (Fsp3) is 0.500. The van der Waals surface area contributed by atoms with E-state index in [1.807, 2.05) is 12.4 Å². The first kappa shape index (κ1) is 9.77. The number of pyridine rings is 1. The van der Waals surface area contributed by atoms with Crippen LogP contribution in [0.4, 0.5) is 11.4 Å². The molecule has 14 heavy (non-hydrogen) atoms. The lowest BCUT2D eigenvalue weighted by Crippen LogP contribution is -2.50. The second kappa shape index (κ2) is 3.12. The van der Waals surface area contributed by atoms with Crippen molar-refractivity contribution in [3.63, 3.8) is 0 Å². The van der Waals surface area contributed by atoms with Gasteiger partial charge in [0.2, 0.25) is 0 Å². The van der Waals surface area contributed by atoms with Gasteiger partial charge in [-0.05, 0) is 29.8 Å². The van der Waals surface area contributed by atoms with E-state index in [-0.39, 0.29) is 5.54 Å². The average molecular weight is 256 g/mol. The highest BCUT2D eigenvalue weighted by molar-refractivity contribution is 9.10. The molecule has 0 unspecified atom stereocenters. The number of rotatable bonds is 0. The molecule has 0 fully saturated rings. The van der Waals surface area contributed by atoms with Gasteiger partial charge in [-0.1, -0.05) is 0 Å². The van der Waals surface area contributed by atoms with Gasteiger partial charge < -0.3 is 10.2 Å². The van der Waals surface area contributed by atoms with Crippen LogP contribution in [0.25, 0.3) is 0 Å². The minimum atomic E-state index is 0.136. The number of nitrogens with zero attached hydrogens (tertiary/aromatic N) is 2. The van der Waals surface area contributed by atoms with Crippen molar-refractivity contribution in [1.29, 1.82) is 0 Å². The fourth-order valence-electron chi connectivity index (χ4n) is 1.63. The topological polar surface area (TPSA) is 28.2 Å². The first-order chi connectivity index (χ1) is 6.52. The normalized spacial score (nSPS) is 18.7. The van der Waals surface area contributed by atoms with E-state index < -0.39 is 0 Å². The summed E-state index contributed by atoms with van der Waals surface area (Å²) >= 11 is 3.53. The maximum Gasteiger partial charge on any atom is 0.0780 e. The van der Waals surface area contributed by atoms with E-state index in [2.05, 4.69) is 52.0 Å². The predicted molar refractivity (Wildman–Crippen MR) is 62.9 cm³/mol. The van der Waals surface area contributed by atoms with E-state index in [0.717, 1.165) is 16.7 Å². The Kier molecular flexibility index (Phi) is 2.18. The number of aromatic nitrogens is 1. The molecule has 3 nitrogen and oxygen atoms in total. The number of anilines is 2. The zero-order valence-electron chi connectivity index (χ0n) is 8.63. The molecule has 0 radical (unpaired) electrons.